The molecule has 0 fully saturated rings. The normalized spacial score (nSPS) is 11.6. The third kappa shape index (κ3) is 4.47. The fourth-order valence-electron chi connectivity index (χ4n) is 4.30. The Hall–Kier alpha value is -4.44. The average Bonchev–Trinajstić information content (AvgIpc) is 3.60. The van der Waals surface area contributed by atoms with E-state index >= 15 is 0 Å². The molecule has 3 N–H and O–H groups in total. The predicted molar refractivity (Wildman–Crippen MR) is 144 cm³/mol. The van der Waals surface area contributed by atoms with E-state index in [1.165, 1.54) is 6.07 Å². The van der Waals surface area contributed by atoms with Gasteiger partial charge >= 0.3 is 0 Å². The Labute approximate surface area is 215 Å². The molecule has 6 rings (SSSR count). The summed E-state index contributed by atoms with van der Waals surface area (Å²) in [7, 11) is 0. The number of halogens is 1. The van der Waals surface area contributed by atoms with Crippen molar-refractivity contribution in [3.8, 4) is 33.2 Å². The van der Waals surface area contributed by atoms with E-state index in [4.69, 9.17) is 4.98 Å². The maximum Gasteiger partial charge on any atom is 0.224 e. The molecule has 0 atom stereocenters. The van der Waals surface area contributed by atoms with Crippen LogP contribution in [0.3, 0.4) is 0 Å². The molecule has 6 aromatic heterocycles. The van der Waals surface area contributed by atoms with Gasteiger partial charge in [0.05, 0.1) is 39.4 Å². The second kappa shape index (κ2) is 9.21. The molecular weight excluding hydrogens is 489 g/mol. The zero-order valence-corrected chi connectivity index (χ0v) is 20.9. The molecule has 37 heavy (non-hydrogen) atoms. The number of H-pyrrole nitrogens is 2. The van der Waals surface area contributed by atoms with E-state index < -0.39 is 0 Å². The summed E-state index contributed by atoms with van der Waals surface area (Å²) in [6.45, 7) is 4.00. The number of hydrogen-bond acceptors (Lipinski definition) is 6. The number of aromatic nitrogens is 6. The Morgan fingerprint density at radius 1 is 1.08 bits per heavy atom. The highest BCUT2D eigenvalue weighted by molar-refractivity contribution is 7.13. The summed E-state index contributed by atoms with van der Waals surface area (Å²) < 4.78 is 13.7. The smallest absolute Gasteiger partial charge is 0.224 e. The van der Waals surface area contributed by atoms with Crippen molar-refractivity contribution in [3.63, 3.8) is 0 Å². The summed E-state index contributed by atoms with van der Waals surface area (Å²) >= 11 is 1.06. The van der Waals surface area contributed by atoms with Gasteiger partial charge in [0.15, 0.2) is 5.13 Å². The van der Waals surface area contributed by atoms with Gasteiger partial charge in [-0.15, -0.1) is 11.3 Å². The standard InChI is InChI=1S/C27H22FN7OS/c1-14(2)9-24(36)31-16-10-15(12-29-13-16)18-3-4-20-26(33-18)27(35-34-20)21-11-17-19(32-21)7-8-30-25(17)22-5-6-23(28)37-22/h3-8,10-14,32H,9H2,1-2H3,(H,31,36)(H,34,35). The number of anilines is 1. The number of fused-ring (bicyclic) bond motifs is 2. The number of nitrogens with zero attached hydrogens (tertiary/aromatic N) is 4. The summed E-state index contributed by atoms with van der Waals surface area (Å²) in [5, 5.41) is 11.1. The van der Waals surface area contributed by atoms with Crippen LogP contribution in [-0.2, 0) is 4.79 Å². The number of nitrogens with one attached hydrogen (secondary N) is 3. The number of rotatable bonds is 6. The van der Waals surface area contributed by atoms with Gasteiger partial charge in [-0.05, 0) is 48.4 Å². The highest BCUT2D eigenvalue weighted by Gasteiger charge is 2.17. The quantitative estimate of drug-likeness (QED) is 0.239. The van der Waals surface area contributed by atoms with Crippen molar-refractivity contribution in [1.29, 1.82) is 0 Å². The first-order chi connectivity index (χ1) is 17.9. The monoisotopic (exact) mass is 511 g/mol. The molecule has 0 spiro atoms. The topological polar surface area (TPSA) is 112 Å². The van der Waals surface area contributed by atoms with Gasteiger partial charge in [-0.2, -0.15) is 9.49 Å². The fraction of sp³-hybridized carbons (Fsp3) is 0.148. The first-order valence-electron chi connectivity index (χ1n) is 11.8. The average molecular weight is 512 g/mol. The molecule has 8 nitrogen and oxygen atoms in total. The van der Waals surface area contributed by atoms with Gasteiger partial charge in [-0.3, -0.25) is 19.9 Å². The highest BCUT2D eigenvalue weighted by atomic mass is 32.1. The van der Waals surface area contributed by atoms with Crippen LogP contribution >= 0.6 is 11.3 Å². The van der Waals surface area contributed by atoms with E-state index in [1.807, 2.05) is 44.2 Å². The van der Waals surface area contributed by atoms with Crippen LogP contribution in [0.4, 0.5) is 10.1 Å². The molecule has 0 radical (unpaired) electrons. The highest BCUT2D eigenvalue weighted by Crippen LogP contribution is 2.35. The van der Waals surface area contributed by atoms with E-state index in [1.54, 1.807) is 24.7 Å². The second-order valence-corrected chi connectivity index (χ2v) is 10.2. The summed E-state index contributed by atoms with van der Waals surface area (Å²) in [6.07, 6.45) is 5.48. The summed E-state index contributed by atoms with van der Waals surface area (Å²) in [6, 6.07) is 12.7. The lowest BCUT2D eigenvalue weighted by molar-refractivity contribution is -0.116. The van der Waals surface area contributed by atoms with Crippen LogP contribution in [0.15, 0.2) is 61.1 Å². The third-order valence-electron chi connectivity index (χ3n) is 5.93. The maximum atomic E-state index is 13.7. The van der Waals surface area contributed by atoms with Gasteiger partial charge in [0.25, 0.3) is 0 Å². The molecule has 0 aromatic carbocycles. The van der Waals surface area contributed by atoms with E-state index in [2.05, 4.69) is 30.5 Å². The molecule has 0 aliphatic carbocycles. The molecule has 0 saturated carbocycles. The minimum absolute atomic E-state index is 0.0487. The first-order valence-corrected chi connectivity index (χ1v) is 12.6. The van der Waals surface area contributed by atoms with Crippen molar-refractivity contribution in [3.05, 3.63) is 66.2 Å². The van der Waals surface area contributed by atoms with Crippen LogP contribution in [0.1, 0.15) is 20.3 Å². The van der Waals surface area contributed by atoms with Crippen LogP contribution in [-0.4, -0.2) is 36.0 Å². The van der Waals surface area contributed by atoms with Crippen LogP contribution in [0.2, 0.25) is 0 Å². The maximum absolute atomic E-state index is 13.7. The number of aromatic amines is 2. The summed E-state index contributed by atoms with van der Waals surface area (Å²) in [5.41, 5.74) is 6.59. The van der Waals surface area contributed by atoms with E-state index in [0.29, 0.717) is 34.7 Å². The van der Waals surface area contributed by atoms with Crippen LogP contribution < -0.4 is 5.32 Å². The van der Waals surface area contributed by atoms with Crippen molar-refractivity contribution < 1.29 is 9.18 Å². The molecule has 0 unspecified atom stereocenters. The van der Waals surface area contributed by atoms with E-state index in [-0.39, 0.29) is 17.0 Å². The summed E-state index contributed by atoms with van der Waals surface area (Å²) in [4.78, 5) is 30.0. The number of carbonyl (C=O) groups excluding carboxylic acids is 1. The van der Waals surface area contributed by atoms with Crippen LogP contribution in [0.5, 0.6) is 0 Å². The molecule has 0 saturated heterocycles. The molecule has 184 valence electrons. The zero-order valence-electron chi connectivity index (χ0n) is 20.0. The third-order valence-corrected chi connectivity index (χ3v) is 6.81. The number of pyridine rings is 3. The van der Waals surface area contributed by atoms with Crippen molar-refractivity contribution in [2.45, 2.75) is 20.3 Å². The Bertz CT molecular complexity index is 1770. The lowest BCUT2D eigenvalue weighted by Gasteiger charge is -2.08. The fourth-order valence-corrected chi connectivity index (χ4v) is 5.04. The van der Waals surface area contributed by atoms with Gasteiger partial charge < -0.3 is 10.3 Å². The molecule has 10 heteroatoms. The lowest BCUT2D eigenvalue weighted by Crippen LogP contribution is -2.13. The lowest BCUT2D eigenvalue weighted by atomic mass is 10.1. The minimum Gasteiger partial charge on any atom is -0.353 e. The minimum atomic E-state index is -0.252. The Morgan fingerprint density at radius 2 is 1.97 bits per heavy atom. The van der Waals surface area contributed by atoms with Crippen LogP contribution in [0, 0.1) is 11.0 Å². The predicted octanol–water partition coefficient (Wildman–Crippen LogP) is 6.42. The van der Waals surface area contributed by atoms with Crippen molar-refractivity contribution >= 4 is 44.9 Å². The number of hydrogen-bond donors (Lipinski definition) is 3. The Balaban J connectivity index is 1.38. The number of carbonyl (C=O) groups is 1. The van der Waals surface area contributed by atoms with Crippen molar-refractivity contribution in [2.75, 3.05) is 5.32 Å². The van der Waals surface area contributed by atoms with Gasteiger partial charge in [0, 0.05) is 35.3 Å². The van der Waals surface area contributed by atoms with E-state index in [0.717, 1.165) is 43.9 Å². The molecule has 6 heterocycles. The largest absolute Gasteiger partial charge is 0.353 e. The van der Waals surface area contributed by atoms with Gasteiger partial charge in [0.2, 0.25) is 5.91 Å². The zero-order chi connectivity index (χ0) is 25.5. The van der Waals surface area contributed by atoms with Gasteiger partial charge in [-0.25, -0.2) is 4.98 Å². The Morgan fingerprint density at radius 3 is 2.78 bits per heavy atom. The summed E-state index contributed by atoms with van der Waals surface area (Å²) in [5.74, 6) is 0.218. The molecule has 6 aromatic rings. The van der Waals surface area contributed by atoms with Crippen molar-refractivity contribution in [2.24, 2.45) is 5.92 Å². The molecule has 0 bridgehead atoms. The molecule has 0 aliphatic rings. The van der Waals surface area contributed by atoms with Gasteiger partial charge in [-0.1, -0.05) is 13.8 Å². The first kappa shape index (κ1) is 23.0. The second-order valence-electron chi connectivity index (χ2n) is 9.18. The number of thiophene rings is 1. The molecule has 0 aliphatic heterocycles. The van der Waals surface area contributed by atoms with Crippen LogP contribution in [0.25, 0.3) is 55.2 Å². The number of amides is 1. The van der Waals surface area contributed by atoms with E-state index in [9.17, 15) is 9.18 Å². The Kier molecular flexibility index (Phi) is 5.72. The molecule has 1 amide bonds. The SMILES string of the molecule is CC(C)CC(=O)Nc1cncc(-c2ccc3[nH]nc(-c4cc5c(-c6ccc(F)s6)nccc5[nH]4)c3n2)c1. The van der Waals surface area contributed by atoms with Gasteiger partial charge in [0.1, 0.15) is 11.2 Å². The van der Waals surface area contributed by atoms with Crippen molar-refractivity contribution in [1.82, 2.24) is 30.1 Å². The molecular formula is C27H22FN7OS.